The van der Waals surface area contributed by atoms with E-state index < -0.39 is 7.26 Å². The van der Waals surface area contributed by atoms with E-state index in [1.54, 1.807) is 23.4 Å². The Kier molecular flexibility index (Phi) is 5.31. The van der Waals surface area contributed by atoms with E-state index >= 15 is 0 Å². The molecule has 1 fully saturated rings. The Morgan fingerprint density at radius 3 is 1.58 bits per heavy atom. The highest BCUT2D eigenvalue weighted by Crippen LogP contribution is 2.62. The van der Waals surface area contributed by atoms with Gasteiger partial charge in [-0.3, -0.25) is 9.69 Å². The third-order valence-corrected chi connectivity index (χ3v) is 10.7. The van der Waals surface area contributed by atoms with E-state index in [1.807, 2.05) is 18.2 Å². The van der Waals surface area contributed by atoms with Gasteiger partial charge in [0.1, 0.15) is 23.2 Å². The SMILES string of the molecule is O=C1C([P+](c2ccccc2)(c2ccccc2)c2ccccc2)CCN1c1ncccn1. The number of carbonyl (C=O) groups excluding carboxylic acids is 1. The van der Waals surface area contributed by atoms with Crippen LogP contribution in [-0.2, 0) is 4.79 Å². The second-order valence-electron chi connectivity index (χ2n) is 7.57. The fourth-order valence-electron chi connectivity index (χ4n) is 4.63. The predicted molar refractivity (Wildman–Crippen MR) is 128 cm³/mol. The minimum absolute atomic E-state index is 0.107. The van der Waals surface area contributed by atoms with Crippen molar-refractivity contribution >= 4 is 35.0 Å². The van der Waals surface area contributed by atoms with Crippen LogP contribution in [0.2, 0.25) is 0 Å². The number of hydrogen-bond acceptors (Lipinski definition) is 3. The zero-order chi connectivity index (χ0) is 21.1. The lowest BCUT2D eigenvalue weighted by Gasteiger charge is -2.31. The van der Waals surface area contributed by atoms with Crippen molar-refractivity contribution in [1.82, 2.24) is 9.97 Å². The summed E-state index contributed by atoms with van der Waals surface area (Å²) < 4.78 is 0. The van der Waals surface area contributed by atoms with Crippen molar-refractivity contribution in [1.29, 1.82) is 0 Å². The second-order valence-corrected chi connectivity index (χ2v) is 11.2. The molecular formula is C26H23N3OP+. The average Bonchev–Trinajstić information content (AvgIpc) is 3.24. The van der Waals surface area contributed by atoms with Gasteiger partial charge in [-0.2, -0.15) is 0 Å². The summed E-state index contributed by atoms with van der Waals surface area (Å²) in [5.41, 5.74) is -0.163. The molecule has 1 amide bonds. The molecule has 5 heteroatoms. The highest BCUT2D eigenvalue weighted by Gasteiger charge is 2.59. The summed E-state index contributed by atoms with van der Waals surface area (Å²) in [5.74, 6) is 0.596. The highest BCUT2D eigenvalue weighted by atomic mass is 31.2. The number of anilines is 1. The van der Waals surface area contributed by atoms with Crippen LogP contribution in [0.5, 0.6) is 0 Å². The van der Waals surface area contributed by atoms with E-state index in [-0.39, 0.29) is 11.6 Å². The summed E-state index contributed by atoms with van der Waals surface area (Å²) in [6, 6.07) is 33.4. The Balaban J connectivity index is 1.74. The van der Waals surface area contributed by atoms with Crippen molar-refractivity contribution in [2.75, 3.05) is 11.4 Å². The first-order chi connectivity index (χ1) is 15.3. The summed E-state index contributed by atoms with van der Waals surface area (Å²) >= 11 is 0. The Hall–Kier alpha value is -3.36. The van der Waals surface area contributed by atoms with Crippen molar-refractivity contribution in [2.45, 2.75) is 12.1 Å². The topological polar surface area (TPSA) is 46.1 Å². The monoisotopic (exact) mass is 424 g/mol. The molecule has 0 bridgehead atoms. The minimum Gasteiger partial charge on any atom is -0.277 e. The summed E-state index contributed by atoms with van der Waals surface area (Å²) in [4.78, 5) is 24.4. The molecule has 0 radical (unpaired) electrons. The molecule has 1 aliphatic heterocycles. The fraction of sp³-hybridized carbons (Fsp3) is 0.115. The maximum absolute atomic E-state index is 13.9. The molecule has 152 valence electrons. The molecule has 0 aliphatic carbocycles. The summed E-state index contributed by atoms with van der Waals surface area (Å²) in [5, 5.41) is 3.67. The third-order valence-electron chi connectivity index (χ3n) is 5.93. The van der Waals surface area contributed by atoms with Gasteiger partial charge in [0.25, 0.3) is 5.91 Å². The summed E-state index contributed by atoms with van der Waals surface area (Å²) in [6.07, 6.45) is 4.15. The van der Waals surface area contributed by atoms with Gasteiger partial charge in [0.15, 0.2) is 5.66 Å². The van der Waals surface area contributed by atoms with E-state index in [2.05, 4.69) is 82.8 Å². The standard InChI is InChI=1S/C26H23N3OP/c30-25-24(17-20-29(25)26-27-18-10-19-28-26)31(21-11-4-1-5-12-21,22-13-6-2-7-14-22)23-15-8-3-9-16-23/h1-16,18-19,24H,17,20H2/q+1. The van der Waals surface area contributed by atoms with Gasteiger partial charge in [-0.1, -0.05) is 54.6 Å². The highest BCUT2D eigenvalue weighted by molar-refractivity contribution is 7.97. The smallest absolute Gasteiger partial charge is 0.271 e. The molecule has 0 N–H and O–H groups in total. The quantitative estimate of drug-likeness (QED) is 0.460. The van der Waals surface area contributed by atoms with E-state index in [4.69, 9.17) is 0 Å². The second kappa shape index (κ2) is 8.41. The van der Waals surface area contributed by atoms with Crippen LogP contribution in [-0.4, -0.2) is 28.1 Å². The molecule has 1 aromatic heterocycles. The van der Waals surface area contributed by atoms with Crippen LogP contribution >= 0.6 is 7.26 Å². The first-order valence-electron chi connectivity index (χ1n) is 10.5. The van der Waals surface area contributed by atoms with Crippen molar-refractivity contribution in [3.05, 3.63) is 109 Å². The fourth-order valence-corrected chi connectivity index (χ4v) is 9.50. The van der Waals surface area contributed by atoms with E-state index in [0.717, 1.165) is 6.42 Å². The molecule has 3 aromatic carbocycles. The molecule has 4 aromatic rings. The molecule has 4 nitrogen and oxygen atoms in total. The molecule has 1 atom stereocenters. The molecule has 1 unspecified atom stereocenters. The Bertz CT molecular complexity index is 1060. The van der Waals surface area contributed by atoms with Gasteiger partial charge in [0.05, 0.1) is 0 Å². The van der Waals surface area contributed by atoms with Crippen LogP contribution in [0.25, 0.3) is 0 Å². The summed E-state index contributed by atoms with van der Waals surface area (Å²) in [6.45, 7) is 0.627. The van der Waals surface area contributed by atoms with Crippen LogP contribution in [0.1, 0.15) is 6.42 Å². The molecule has 2 heterocycles. The van der Waals surface area contributed by atoms with Crippen molar-refractivity contribution < 1.29 is 4.79 Å². The zero-order valence-electron chi connectivity index (χ0n) is 17.1. The van der Waals surface area contributed by atoms with Gasteiger partial charge in [-0.25, -0.2) is 9.97 Å². The normalized spacial score (nSPS) is 16.5. The number of carbonyl (C=O) groups is 1. The lowest BCUT2D eigenvalue weighted by molar-refractivity contribution is -0.116. The molecular weight excluding hydrogens is 401 g/mol. The molecule has 5 rings (SSSR count). The molecule has 1 aliphatic rings. The Morgan fingerprint density at radius 1 is 0.677 bits per heavy atom. The van der Waals surface area contributed by atoms with Crippen LogP contribution in [0.3, 0.4) is 0 Å². The first kappa shape index (κ1) is 19.6. The first-order valence-corrected chi connectivity index (χ1v) is 12.3. The summed E-state index contributed by atoms with van der Waals surface area (Å²) in [7, 11) is -2.26. The zero-order valence-corrected chi connectivity index (χ0v) is 18.0. The lowest BCUT2D eigenvalue weighted by Crippen LogP contribution is -2.43. The van der Waals surface area contributed by atoms with Crippen LogP contribution < -0.4 is 20.8 Å². The number of rotatable bonds is 5. The Morgan fingerprint density at radius 2 is 1.13 bits per heavy atom. The molecule has 0 saturated carbocycles. The van der Waals surface area contributed by atoms with Crippen molar-refractivity contribution in [2.24, 2.45) is 0 Å². The van der Waals surface area contributed by atoms with Gasteiger partial charge < -0.3 is 0 Å². The largest absolute Gasteiger partial charge is 0.277 e. The van der Waals surface area contributed by atoms with Crippen LogP contribution in [0.15, 0.2) is 109 Å². The van der Waals surface area contributed by atoms with Crippen molar-refractivity contribution in [3.63, 3.8) is 0 Å². The number of hydrogen-bond donors (Lipinski definition) is 0. The number of aromatic nitrogens is 2. The van der Waals surface area contributed by atoms with Crippen LogP contribution in [0.4, 0.5) is 5.95 Å². The van der Waals surface area contributed by atoms with Gasteiger partial charge >= 0.3 is 0 Å². The van der Waals surface area contributed by atoms with Crippen molar-refractivity contribution in [3.8, 4) is 0 Å². The maximum atomic E-state index is 13.9. The predicted octanol–water partition coefficient (Wildman–Crippen LogP) is 3.58. The van der Waals surface area contributed by atoms with Gasteiger partial charge in [0.2, 0.25) is 5.95 Å². The molecule has 1 saturated heterocycles. The van der Waals surface area contributed by atoms with Gasteiger partial charge in [-0.05, 0) is 42.5 Å². The third kappa shape index (κ3) is 3.34. The average molecular weight is 424 g/mol. The van der Waals surface area contributed by atoms with Crippen LogP contribution in [0, 0.1) is 0 Å². The molecule has 0 spiro atoms. The number of nitrogens with zero attached hydrogens (tertiary/aromatic N) is 3. The molecule has 31 heavy (non-hydrogen) atoms. The minimum atomic E-state index is -2.26. The Labute approximate surface area is 183 Å². The van der Waals surface area contributed by atoms with E-state index in [1.165, 1.54) is 15.9 Å². The number of amides is 1. The number of benzene rings is 3. The maximum Gasteiger partial charge on any atom is 0.271 e. The van der Waals surface area contributed by atoms with E-state index in [0.29, 0.717) is 12.5 Å². The lowest BCUT2D eigenvalue weighted by atomic mass is 10.3. The van der Waals surface area contributed by atoms with Gasteiger partial charge in [0, 0.05) is 25.4 Å². The van der Waals surface area contributed by atoms with Gasteiger partial charge in [-0.15, -0.1) is 0 Å². The van der Waals surface area contributed by atoms with E-state index in [9.17, 15) is 4.79 Å².